The zero-order chi connectivity index (χ0) is 15.1. The van der Waals surface area contributed by atoms with Gasteiger partial charge in [0.25, 0.3) is 0 Å². The number of hydrogen-bond donors (Lipinski definition) is 1. The zero-order valence-electron chi connectivity index (χ0n) is 13.0. The second kappa shape index (κ2) is 7.64. The van der Waals surface area contributed by atoms with Crippen molar-refractivity contribution in [1.82, 2.24) is 10.3 Å². The van der Waals surface area contributed by atoms with Gasteiger partial charge in [-0.05, 0) is 36.4 Å². The lowest BCUT2D eigenvalue weighted by Gasteiger charge is -2.19. The molecule has 1 N–H and O–H groups in total. The number of hydrogen-bond acceptors (Lipinski definition) is 4. The molecule has 0 aliphatic carbocycles. The van der Waals surface area contributed by atoms with Crippen LogP contribution in [0.3, 0.4) is 0 Å². The average molecular weight is 285 g/mol. The molecule has 0 aliphatic heterocycles. The van der Waals surface area contributed by atoms with Gasteiger partial charge in [0, 0.05) is 20.1 Å². The quantitative estimate of drug-likeness (QED) is 0.849. The van der Waals surface area contributed by atoms with Crippen molar-refractivity contribution in [3.8, 4) is 5.75 Å². The van der Waals surface area contributed by atoms with E-state index in [0.29, 0.717) is 0 Å². The Kier molecular flexibility index (Phi) is 5.58. The summed E-state index contributed by atoms with van der Waals surface area (Å²) in [6.45, 7) is 4.68. The van der Waals surface area contributed by atoms with Crippen molar-refractivity contribution in [1.29, 1.82) is 0 Å². The normalized spacial score (nSPS) is 10.4. The molecule has 0 bridgehead atoms. The van der Waals surface area contributed by atoms with Crippen molar-refractivity contribution in [2.24, 2.45) is 0 Å². The van der Waals surface area contributed by atoms with E-state index in [0.717, 1.165) is 36.9 Å². The maximum absolute atomic E-state index is 5.18. The molecule has 21 heavy (non-hydrogen) atoms. The third-order valence-corrected chi connectivity index (χ3v) is 3.32. The molecule has 0 radical (unpaired) electrons. The summed E-state index contributed by atoms with van der Waals surface area (Å²) in [7, 11) is 3.74. The highest BCUT2D eigenvalue weighted by Gasteiger charge is 2.05. The van der Waals surface area contributed by atoms with E-state index in [1.807, 2.05) is 24.3 Å². The molecule has 0 fully saturated rings. The van der Waals surface area contributed by atoms with Crippen LogP contribution in [0, 0.1) is 0 Å². The van der Waals surface area contributed by atoms with E-state index < -0.39 is 0 Å². The smallest absolute Gasteiger partial charge is 0.128 e. The minimum atomic E-state index is 0.806. The topological polar surface area (TPSA) is 37.4 Å². The summed E-state index contributed by atoms with van der Waals surface area (Å²) < 4.78 is 5.18. The highest BCUT2D eigenvalue weighted by molar-refractivity contribution is 5.40. The molecule has 0 saturated carbocycles. The van der Waals surface area contributed by atoms with Crippen molar-refractivity contribution in [3.63, 3.8) is 0 Å². The number of aromatic nitrogens is 1. The van der Waals surface area contributed by atoms with E-state index in [4.69, 9.17) is 4.74 Å². The highest BCUT2D eigenvalue weighted by atomic mass is 16.5. The first-order chi connectivity index (χ1) is 10.2. The minimum absolute atomic E-state index is 0.806. The molecule has 0 spiro atoms. The number of benzene rings is 1. The molecular weight excluding hydrogens is 262 g/mol. The molecule has 0 saturated heterocycles. The molecule has 1 aromatic carbocycles. The molecule has 1 aromatic heterocycles. The molecule has 4 heteroatoms. The Morgan fingerprint density at radius 2 is 1.90 bits per heavy atom. The Morgan fingerprint density at radius 1 is 1.14 bits per heavy atom. The van der Waals surface area contributed by atoms with Gasteiger partial charge in [0.1, 0.15) is 11.6 Å². The van der Waals surface area contributed by atoms with Crippen LogP contribution in [-0.4, -0.2) is 25.7 Å². The van der Waals surface area contributed by atoms with Gasteiger partial charge < -0.3 is 15.0 Å². The van der Waals surface area contributed by atoms with Gasteiger partial charge in [-0.1, -0.05) is 25.1 Å². The number of rotatable bonds is 7. The molecule has 4 nitrogen and oxygen atoms in total. The summed E-state index contributed by atoms with van der Waals surface area (Å²) in [4.78, 5) is 6.83. The summed E-state index contributed by atoms with van der Waals surface area (Å²) in [5, 5.41) is 3.30. The van der Waals surface area contributed by atoms with Gasteiger partial charge in [-0.25, -0.2) is 4.98 Å². The lowest BCUT2D eigenvalue weighted by Crippen LogP contribution is -2.19. The largest absolute Gasteiger partial charge is 0.497 e. The van der Waals surface area contributed by atoms with Crippen molar-refractivity contribution in [2.45, 2.75) is 20.0 Å². The van der Waals surface area contributed by atoms with Gasteiger partial charge in [-0.3, -0.25) is 0 Å². The molecule has 1 heterocycles. The van der Waals surface area contributed by atoms with Gasteiger partial charge >= 0.3 is 0 Å². The maximum Gasteiger partial charge on any atom is 0.128 e. The SMILES string of the molecule is CCNCc1cccc(N(C)Cc2ccc(OC)cc2)n1. The summed E-state index contributed by atoms with van der Waals surface area (Å²) in [6.07, 6.45) is 0. The summed E-state index contributed by atoms with van der Waals surface area (Å²) >= 11 is 0. The van der Waals surface area contributed by atoms with Crippen molar-refractivity contribution < 1.29 is 4.74 Å². The minimum Gasteiger partial charge on any atom is -0.497 e. The second-order valence-corrected chi connectivity index (χ2v) is 4.97. The first-order valence-corrected chi connectivity index (χ1v) is 7.23. The van der Waals surface area contributed by atoms with E-state index in [1.165, 1.54) is 5.56 Å². The molecule has 0 unspecified atom stereocenters. The van der Waals surface area contributed by atoms with E-state index >= 15 is 0 Å². The predicted octanol–water partition coefficient (Wildman–Crippen LogP) is 2.84. The van der Waals surface area contributed by atoms with Crippen LogP contribution < -0.4 is 15.0 Å². The van der Waals surface area contributed by atoms with Crippen LogP contribution in [0.15, 0.2) is 42.5 Å². The van der Waals surface area contributed by atoms with Gasteiger partial charge in [-0.15, -0.1) is 0 Å². The standard InChI is InChI=1S/C17H23N3O/c1-4-18-12-15-6-5-7-17(19-15)20(2)13-14-8-10-16(21-3)11-9-14/h5-11,18H,4,12-13H2,1-3H3. The first kappa shape index (κ1) is 15.3. The number of nitrogens with zero attached hydrogens (tertiary/aromatic N) is 2. The third-order valence-electron chi connectivity index (χ3n) is 3.32. The lowest BCUT2D eigenvalue weighted by atomic mass is 10.2. The summed E-state index contributed by atoms with van der Waals surface area (Å²) in [5.74, 6) is 1.87. The fourth-order valence-corrected chi connectivity index (χ4v) is 2.12. The zero-order valence-corrected chi connectivity index (χ0v) is 13.0. The number of anilines is 1. The Labute approximate surface area is 126 Å². The van der Waals surface area contributed by atoms with Crippen LogP contribution in [0.2, 0.25) is 0 Å². The average Bonchev–Trinajstić information content (AvgIpc) is 2.54. The molecule has 2 rings (SSSR count). The molecule has 2 aromatic rings. The molecule has 0 amide bonds. The predicted molar refractivity (Wildman–Crippen MR) is 86.7 cm³/mol. The van der Waals surface area contributed by atoms with Crippen LogP contribution in [0.4, 0.5) is 5.82 Å². The van der Waals surface area contributed by atoms with Gasteiger partial charge in [0.2, 0.25) is 0 Å². The molecular formula is C17H23N3O. The van der Waals surface area contributed by atoms with Crippen LogP contribution >= 0.6 is 0 Å². The molecule has 0 atom stereocenters. The fraction of sp³-hybridized carbons (Fsp3) is 0.353. The van der Waals surface area contributed by atoms with Crippen molar-refractivity contribution in [3.05, 3.63) is 53.7 Å². The second-order valence-electron chi connectivity index (χ2n) is 4.97. The Bertz CT molecular complexity index is 554. The number of nitrogens with one attached hydrogen (secondary N) is 1. The Balaban J connectivity index is 2.03. The third kappa shape index (κ3) is 4.46. The van der Waals surface area contributed by atoms with Crippen LogP contribution in [-0.2, 0) is 13.1 Å². The Morgan fingerprint density at radius 3 is 2.57 bits per heavy atom. The van der Waals surface area contributed by atoms with Crippen LogP contribution in [0.25, 0.3) is 0 Å². The van der Waals surface area contributed by atoms with Crippen molar-refractivity contribution >= 4 is 5.82 Å². The fourth-order valence-electron chi connectivity index (χ4n) is 2.12. The summed E-state index contributed by atoms with van der Waals surface area (Å²) in [6, 6.07) is 14.3. The molecule has 112 valence electrons. The van der Waals surface area contributed by atoms with Gasteiger partial charge in [0.05, 0.1) is 12.8 Å². The number of methoxy groups -OCH3 is 1. The number of pyridine rings is 1. The molecule has 0 aliphatic rings. The monoisotopic (exact) mass is 285 g/mol. The summed E-state index contributed by atoms with van der Waals surface area (Å²) in [5.41, 5.74) is 2.30. The van der Waals surface area contributed by atoms with E-state index in [-0.39, 0.29) is 0 Å². The Hall–Kier alpha value is -2.07. The maximum atomic E-state index is 5.18. The van der Waals surface area contributed by atoms with Gasteiger partial charge in [0.15, 0.2) is 0 Å². The van der Waals surface area contributed by atoms with Crippen LogP contribution in [0.1, 0.15) is 18.2 Å². The van der Waals surface area contributed by atoms with E-state index in [9.17, 15) is 0 Å². The van der Waals surface area contributed by atoms with E-state index in [1.54, 1.807) is 7.11 Å². The lowest BCUT2D eigenvalue weighted by molar-refractivity contribution is 0.414. The number of ether oxygens (including phenoxy) is 1. The van der Waals surface area contributed by atoms with E-state index in [2.05, 4.69) is 47.4 Å². The highest BCUT2D eigenvalue weighted by Crippen LogP contribution is 2.16. The van der Waals surface area contributed by atoms with Gasteiger partial charge in [-0.2, -0.15) is 0 Å². The van der Waals surface area contributed by atoms with Crippen LogP contribution in [0.5, 0.6) is 5.75 Å². The first-order valence-electron chi connectivity index (χ1n) is 7.23. The van der Waals surface area contributed by atoms with Crippen molar-refractivity contribution in [2.75, 3.05) is 25.6 Å².